The number of urea groups is 1. The smallest absolute Gasteiger partial charge is 0.319 e. The summed E-state index contributed by atoms with van der Waals surface area (Å²) in [6.07, 6.45) is 0.814. The number of hydrogen-bond acceptors (Lipinski definition) is 2. The fourth-order valence-corrected chi connectivity index (χ4v) is 2.68. The van der Waals surface area contributed by atoms with Crippen LogP contribution >= 0.6 is 0 Å². The Balaban J connectivity index is 1.47. The number of benzene rings is 2. The number of fused-ring (bicyclic) bond motifs is 1. The molecule has 0 bridgehead atoms. The van der Waals surface area contributed by atoms with Crippen LogP contribution in [0.4, 0.5) is 25.0 Å². The summed E-state index contributed by atoms with van der Waals surface area (Å²) < 4.78 is 26.0. The van der Waals surface area contributed by atoms with E-state index in [4.69, 9.17) is 0 Å². The van der Waals surface area contributed by atoms with Crippen LogP contribution < -0.4 is 15.5 Å². The van der Waals surface area contributed by atoms with Gasteiger partial charge in [-0.25, -0.2) is 13.6 Å². The van der Waals surface area contributed by atoms with E-state index in [1.807, 2.05) is 0 Å². The third kappa shape index (κ3) is 3.77. The van der Waals surface area contributed by atoms with Gasteiger partial charge in [0.25, 0.3) is 0 Å². The second kappa shape index (κ2) is 6.64. The lowest BCUT2D eigenvalue weighted by atomic mass is 10.2. The molecule has 23 heavy (non-hydrogen) atoms. The van der Waals surface area contributed by atoms with Gasteiger partial charge in [0, 0.05) is 31.0 Å². The molecule has 2 amide bonds. The first-order valence-electron chi connectivity index (χ1n) is 7.45. The van der Waals surface area contributed by atoms with Gasteiger partial charge in [-0.3, -0.25) is 0 Å². The summed E-state index contributed by atoms with van der Waals surface area (Å²) >= 11 is 0. The Morgan fingerprint density at radius 2 is 1.83 bits per heavy atom. The number of nitrogens with one attached hydrogen (secondary N) is 2. The predicted octanol–water partition coefficient (Wildman–Crippen LogP) is 3.15. The highest BCUT2D eigenvalue weighted by atomic mass is 19.1. The summed E-state index contributed by atoms with van der Waals surface area (Å²) in [6.45, 7) is 1.93. The first-order chi connectivity index (χ1) is 11.1. The number of rotatable bonds is 4. The number of anilines is 2. The molecule has 0 spiro atoms. The van der Waals surface area contributed by atoms with E-state index < -0.39 is 0 Å². The molecule has 6 heteroatoms. The van der Waals surface area contributed by atoms with Crippen LogP contribution in [-0.4, -0.2) is 25.7 Å². The van der Waals surface area contributed by atoms with Crippen molar-refractivity contribution in [3.8, 4) is 0 Å². The third-order valence-electron chi connectivity index (χ3n) is 3.80. The molecule has 3 rings (SSSR count). The topological polar surface area (TPSA) is 44.4 Å². The molecule has 0 aliphatic carbocycles. The van der Waals surface area contributed by atoms with Crippen molar-refractivity contribution in [2.45, 2.75) is 6.42 Å². The molecule has 4 nitrogen and oxygen atoms in total. The van der Waals surface area contributed by atoms with Gasteiger partial charge in [-0.1, -0.05) is 0 Å². The number of amides is 2. The van der Waals surface area contributed by atoms with Crippen molar-refractivity contribution in [2.75, 3.05) is 29.9 Å². The molecule has 0 radical (unpaired) electrons. The minimum atomic E-state index is -0.347. The van der Waals surface area contributed by atoms with Crippen LogP contribution in [-0.2, 0) is 6.42 Å². The fourth-order valence-electron chi connectivity index (χ4n) is 2.68. The predicted molar refractivity (Wildman–Crippen MR) is 85.7 cm³/mol. The zero-order chi connectivity index (χ0) is 16.2. The first kappa shape index (κ1) is 15.3. The summed E-state index contributed by atoms with van der Waals surface area (Å²) in [6, 6.07) is 10.0. The van der Waals surface area contributed by atoms with Crippen LogP contribution in [0.5, 0.6) is 0 Å². The van der Waals surface area contributed by atoms with Crippen molar-refractivity contribution >= 4 is 17.4 Å². The zero-order valence-corrected chi connectivity index (χ0v) is 12.5. The second-order valence-corrected chi connectivity index (χ2v) is 5.40. The van der Waals surface area contributed by atoms with E-state index in [2.05, 4.69) is 15.5 Å². The molecular weight excluding hydrogens is 300 g/mol. The van der Waals surface area contributed by atoms with E-state index >= 15 is 0 Å². The number of hydrogen-bond donors (Lipinski definition) is 2. The maximum atomic E-state index is 13.2. The number of halogens is 2. The van der Waals surface area contributed by atoms with Gasteiger partial charge in [-0.2, -0.15) is 0 Å². The number of nitrogens with zero attached hydrogens (tertiary/aromatic N) is 1. The Labute approximate surface area is 133 Å². The standard InChI is InChI=1S/C17H17F2N3O/c18-13-1-4-15(5-2-13)21-17(23)20-8-10-22-9-7-12-11-14(19)3-6-16(12)22/h1-6,11H,7-10H2,(H2,20,21,23). The van der Waals surface area contributed by atoms with E-state index in [0.29, 0.717) is 18.8 Å². The van der Waals surface area contributed by atoms with Gasteiger partial charge >= 0.3 is 6.03 Å². The lowest BCUT2D eigenvalue weighted by molar-refractivity contribution is 0.252. The van der Waals surface area contributed by atoms with Crippen LogP contribution in [0, 0.1) is 11.6 Å². The Morgan fingerprint density at radius 3 is 2.61 bits per heavy atom. The molecule has 1 aliphatic heterocycles. The molecule has 0 unspecified atom stereocenters. The highest BCUT2D eigenvalue weighted by molar-refractivity contribution is 5.89. The highest BCUT2D eigenvalue weighted by Gasteiger charge is 2.19. The van der Waals surface area contributed by atoms with Gasteiger partial charge in [0.1, 0.15) is 11.6 Å². The van der Waals surface area contributed by atoms with Crippen LogP contribution in [0.15, 0.2) is 42.5 Å². The fraction of sp³-hybridized carbons (Fsp3) is 0.235. The van der Waals surface area contributed by atoms with Crippen molar-refractivity contribution in [3.05, 3.63) is 59.7 Å². The van der Waals surface area contributed by atoms with Crippen LogP contribution in [0.25, 0.3) is 0 Å². The maximum Gasteiger partial charge on any atom is 0.319 e. The minimum Gasteiger partial charge on any atom is -0.369 e. The summed E-state index contributed by atoms with van der Waals surface area (Å²) in [5, 5.41) is 5.39. The molecular formula is C17H17F2N3O. The lowest BCUT2D eigenvalue weighted by Crippen LogP contribution is -2.36. The van der Waals surface area contributed by atoms with Gasteiger partial charge in [-0.15, -0.1) is 0 Å². The molecule has 1 heterocycles. The summed E-state index contributed by atoms with van der Waals surface area (Å²) in [4.78, 5) is 13.9. The lowest BCUT2D eigenvalue weighted by Gasteiger charge is -2.19. The van der Waals surface area contributed by atoms with E-state index in [9.17, 15) is 13.6 Å². The van der Waals surface area contributed by atoms with Gasteiger partial charge in [0.15, 0.2) is 0 Å². The number of carbonyl (C=O) groups excluding carboxylic acids is 1. The van der Waals surface area contributed by atoms with Crippen molar-refractivity contribution in [1.82, 2.24) is 5.32 Å². The average molecular weight is 317 g/mol. The van der Waals surface area contributed by atoms with Crippen LogP contribution in [0.3, 0.4) is 0 Å². The van der Waals surface area contributed by atoms with E-state index in [-0.39, 0.29) is 17.7 Å². The molecule has 2 N–H and O–H groups in total. The summed E-state index contributed by atoms with van der Waals surface area (Å²) in [5.41, 5.74) is 2.55. The summed E-state index contributed by atoms with van der Waals surface area (Å²) in [5.74, 6) is -0.567. The molecule has 0 saturated heterocycles. The van der Waals surface area contributed by atoms with Gasteiger partial charge in [0.05, 0.1) is 0 Å². The van der Waals surface area contributed by atoms with E-state index in [1.54, 1.807) is 12.1 Å². The van der Waals surface area contributed by atoms with E-state index in [0.717, 1.165) is 24.2 Å². The van der Waals surface area contributed by atoms with Crippen LogP contribution in [0.1, 0.15) is 5.56 Å². The van der Waals surface area contributed by atoms with Gasteiger partial charge < -0.3 is 15.5 Å². The zero-order valence-electron chi connectivity index (χ0n) is 12.5. The minimum absolute atomic E-state index is 0.220. The maximum absolute atomic E-state index is 13.2. The molecule has 0 fully saturated rings. The first-order valence-corrected chi connectivity index (χ1v) is 7.45. The Morgan fingerprint density at radius 1 is 1.09 bits per heavy atom. The monoisotopic (exact) mass is 317 g/mol. The average Bonchev–Trinajstić information content (AvgIpc) is 2.92. The second-order valence-electron chi connectivity index (χ2n) is 5.40. The highest BCUT2D eigenvalue weighted by Crippen LogP contribution is 2.27. The van der Waals surface area contributed by atoms with Crippen molar-refractivity contribution < 1.29 is 13.6 Å². The molecule has 0 atom stereocenters. The molecule has 0 saturated carbocycles. The van der Waals surface area contributed by atoms with Crippen molar-refractivity contribution in [1.29, 1.82) is 0 Å². The summed E-state index contributed by atoms with van der Waals surface area (Å²) in [7, 11) is 0. The Bertz CT molecular complexity index is 703. The molecule has 1 aliphatic rings. The van der Waals surface area contributed by atoms with Gasteiger partial charge in [0.2, 0.25) is 0 Å². The normalized spacial score (nSPS) is 12.9. The SMILES string of the molecule is O=C(NCCN1CCc2cc(F)ccc21)Nc1ccc(F)cc1. The number of carbonyl (C=O) groups is 1. The Hall–Kier alpha value is -2.63. The third-order valence-corrected chi connectivity index (χ3v) is 3.80. The molecule has 2 aromatic rings. The van der Waals surface area contributed by atoms with Crippen LogP contribution in [0.2, 0.25) is 0 Å². The van der Waals surface area contributed by atoms with Crippen molar-refractivity contribution in [2.24, 2.45) is 0 Å². The van der Waals surface area contributed by atoms with E-state index in [1.165, 1.54) is 30.3 Å². The Kier molecular flexibility index (Phi) is 4.41. The molecule has 2 aromatic carbocycles. The largest absolute Gasteiger partial charge is 0.369 e. The molecule has 120 valence electrons. The quantitative estimate of drug-likeness (QED) is 0.910. The van der Waals surface area contributed by atoms with Crippen molar-refractivity contribution in [3.63, 3.8) is 0 Å². The molecule has 0 aromatic heterocycles. The van der Waals surface area contributed by atoms with Gasteiger partial charge in [-0.05, 0) is 54.4 Å².